The number of carboxylic acid groups (broad SMARTS) is 1. The minimum Gasteiger partial charge on any atom is -0.491 e. The number of aromatic amines is 1. The molecule has 0 unspecified atom stereocenters. The summed E-state index contributed by atoms with van der Waals surface area (Å²) in [4.78, 5) is 45.9. The molecule has 3 rings (SSSR count). The van der Waals surface area contributed by atoms with Gasteiger partial charge in [-0.15, -0.1) is 0 Å². The first-order valence-corrected chi connectivity index (χ1v) is 15.5. The summed E-state index contributed by atoms with van der Waals surface area (Å²) in [6.45, 7) is 14.2. The number of H-pyrrole nitrogens is 1. The van der Waals surface area contributed by atoms with Gasteiger partial charge in [-0.2, -0.15) is 0 Å². The first-order valence-electron chi connectivity index (χ1n) is 15.5. The van der Waals surface area contributed by atoms with Crippen molar-refractivity contribution >= 4 is 23.6 Å². The number of nitrogens with zero attached hydrogens (tertiary/aromatic N) is 2. The summed E-state index contributed by atoms with van der Waals surface area (Å²) in [7, 11) is 0. The Bertz CT molecular complexity index is 1520. The highest BCUT2D eigenvalue weighted by molar-refractivity contribution is 5.91. The van der Waals surface area contributed by atoms with Gasteiger partial charge >= 0.3 is 12.0 Å². The lowest BCUT2D eigenvalue weighted by atomic mass is 9.95. The molecular weight excluding hydrogens is 600 g/mol. The number of carbonyl (C=O) groups is 2. The van der Waals surface area contributed by atoms with Gasteiger partial charge < -0.3 is 42.2 Å². The van der Waals surface area contributed by atoms with Crippen LogP contribution in [0.4, 0.5) is 10.5 Å². The van der Waals surface area contributed by atoms with Crippen LogP contribution in [0.15, 0.2) is 64.5 Å². The van der Waals surface area contributed by atoms with Gasteiger partial charge in [0.2, 0.25) is 0 Å². The van der Waals surface area contributed by atoms with E-state index in [1.54, 1.807) is 30.5 Å². The van der Waals surface area contributed by atoms with Crippen molar-refractivity contribution in [2.24, 2.45) is 16.5 Å². The average molecular weight is 651 g/mol. The number of benzene rings is 2. The zero-order chi connectivity index (χ0) is 35.0. The fraction of sp³-hybridized carbons (Fsp3) is 0.441. The lowest BCUT2D eigenvalue weighted by Crippen LogP contribution is -2.43. The van der Waals surface area contributed by atoms with E-state index in [1.165, 1.54) is 0 Å². The number of hydrogen-bond acceptors (Lipinski definition) is 7. The van der Waals surface area contributed by atoms with Crippen molar-refractivity contribution in [2.45, 2.75) is 78.3 Å². The predicted molar refractivity (Wildman–Crippen MR) is 187 cm³/mol. The fourth-order valence-corrected chi connectivity index (χ4v) is 4.02. The molecule has 0 spiro atoms. The zero-order valence-corrected chi connectivity index (χ0v) is 28.3. The van der Waals surface area contributed by atoms with Gasteiger partial charge in [-0.05, 0) is 63.4 Å². The molecule has 0 fully saturated rings. The summed E-state index contributed by atoms with van der Waals surface area (Å²) in [6, 6.07) is 14.6. The van der Waals surface area contributed by atoms with Gasteiger partial charge in [0.1, 0.15) is 11.6 Å². The van der Waals surface area contributed by atoms with Crippen molar-refractivity contribution in [1.29, 1.82) is 0 Å². The molecule has 0 radical (unpaired) electrons. The maximum absolute atomic E-state index is 12.4. The summed E-state index contributed by atoms with van der Waals surface area (Å²) in [5.74, 6) is 0.481. The maximum atomic E-state index is 12.4. The molecule has 3 aromatic rings. The van der Waals surface area contributed by atoms with Gasteiger partial charge in [0.05, 0.1) is 17.9 Å². The molecule has 1 aromatic heterocycles. The molecule has 0 aliphatic rings. The predicted octanol–water partition coefficient (Wildman–Crippen LogP) is 4.34. The molecule has 47 heavy (non-hydrogen) atoms. The molecule has 0 bridgehead atoms. The normalized spacial score (nSPS) is 11.1. The molecular formula is C34H50N8O5. The van der Waals surface area contributed by atoms with E-state index in [4.69, 9.17) is 21.3 Å². The number of hydrogen-bond donors (Lipinski definition) is 7. The van der Waals surface area contributed by atoms with Crippen molar-refractivity contribution in [3.63, 3.8) is 0 Å². The van der Waals surface area contributed by atoms with E-state index < -0.39 is 5.97 Å². The number of nitrogens with two attached hydrogens (primary N) is 2. The van der Waals surface area contributed by atoms with Gasteiger partial charge in [0.25, 0.3) is 5.56 Å². The number of aliphatic carboxylic acids is 1. The lowest BCUT2D eigenvalue weighted by molar-refractivity contribution is -0.137. The molecule has 9 N–H and O–H groups in total. The highest BCUT2D eigenvalue weighted by atomic mass is 16.5. The van der Waals surface area contributed by atoms with Crippen molar-refractivity contribution in [3.05, 3.63) is 76.5 Å². The molecule has 256 valence electrons. The van der Waals surface area contributed by atoms with E-state index in [0.717, 1.165) is 30.6 Å². The molecule has 1 heterocycles. The van der Waals surface area contributed by atoms with E-state index in [9.17, 15) is 14.4 Å². The Hall–Kier alpha value is -4.91. The molecule has 2 amide bonds. The molecule has 13 nitrogen and oxygen atoms in total. The average Bonchev–Trinajstić information content (AvgIpc) is 2.97. The molecule has 0 aliphatic heterocycles. The Morgan fingerprint density at radius 1 is 1.00 bits per heavy atom. The fourth-order valence-electron chi connectivity index (χ4n) is 4.02. The minimum absolute atomic E-state index is 0.0557. The van der Waals surface area contributed by atoms with E-state index >= 15 is 0 Å². The number of aromatic nitrogens is 2. The molecule has 13 heteroatoms. The Morgan fingerprint density at radius 3 is 2.28 bits per heavy atom. The Balaban J connectivity index is 0.000000335. The maximum Gasteiger partial charge on any atom is 0.319 e. The van der Waals surface area contributed by atoms with Crippen LogP contribution in [0.5, 0.6) is 5.75 Å². The Morgan fingerprint density at radius 2 is 1.68 bits per heavy atom. The Labute approximate surface area is 276 Å². The topological polar surface area (TPSA) is 210 Å². The first-order chi connectivity index (χ1) is 22.0. The molecule has 0 aliphatic carbocycles. The van der Waals surface area contributed by atoms with Gasteiger partial charge in [-0.25, -0.2) is 9.78 Å². The summed E-state index contributed by atoms with van der Waals surface area (Å²) in [5, 5.41) is 17.4. The number of carboxylic acids is 1. The number of anilines is 1. The van der Waals surface area contributed by atoms with Crippen LogP contribution in [-0.4, -0.2) is 58.3 Å². The van der Waals surface area contributed by atoms with Gasteiger partial charge in [0, 0.05) is 36.7 Å². The van der Waals surface area contributed by atoms with Crippen LogP contribution in [0.25, 0.3) is 11.1 Å². The van der Waals surface area contributed by atoms with E-state index in [-0.39, 0.29) is 41.5 Å². The minimum atomic E-state index is -0.852. The van der Waals surface area contributed by atoms with Gasteiger partial charge in [-0.3, -0.25) is 14.6 Å². The SMILES string of the molecule is CC(C)(C)NC(=O)Nc1ccccc1OCCCC(=O)O.CC(C)(C)c1ncc(-c2ccc(CNCCCN=C(N)N)cc2)c(=O)[nH]1. The van der Waals surface area contributed by atoms with Crippen LogP contribution in [-0.2, 0) is 16.8 Å². The number of para-hydroxylation sites is 2. The summed E-state index contributed by atoms with van der Waals surface area (Å²) in [6.07, 6.45) is 2.99. The largest absolute Gasteiger partial charge is 0.491 e. The van der Waals surface area contributed by atoms with Crippen LogP contribution in [0.1, 0.15) is 72.2 Å². The second-order valence-corrected chi connectivity index (χ2v) is 12.9. The Kier molecular flexibility index (Phi) is 14.9. The van der Waals surface area contributed by atoms with Crippen LogP contribution < -0.4 is 37.7 Å². The number of guanidine groups is 1. The summed E-state index contributed by atoms with van der Waals surface area (Å²) in [5.41, 5.74) is 13.1. The molecule has 0 saturated heterocycles. The first kappa shape index (κ1) is 38.3. The number of carbonyl (C=O) groups excluding carboxylic acids is 1. The zero-order valence-electron chi connectivity index (χ0n) is 28.3. The number of ether oxygens (including phenoxy) is 1. The number of amides is 2. The monoisotopic (exact) mass is 650 g/mol. The second-order valence-electron chi connectivity index (χ2n) is 12.9. The van der Waals surface area contributed by atoms with E-state index in [1.807, 2.05) is 65.8 Å². The van der Waals surface area contributed by atoms with Gasteiger partial charge in [0.15, 0.2) is 5.96 Å². The number of rotatable bonds is 13. The molecule has 0 saturated carbocycles. The molecule has 0 atom stereocenters. The highest BCUT2D eigenvalue weighted by Gasteiger charge is 2.18. The standard InChI is InChI=1S/C19H28N6O.C15H22N2O4/c1-19(2,3)17-24-12-15(16(26)25-17)14-7-5-13(6-8-14)11-22-9-4-10-23-18(20)21;1-15(2,3)17-14(20)16-11-7-4-5-8-12(11)21-10-6-9-13(18)19/h5-8,12,22H,4,9-11H2,1-3H3,(H4,20,21,23)(H,24,25,26);4-5,7-8H,6,9-10H2,1-3H3,(H,18,19)(H2,16,17,20). The third-order valence-electron chi connectivity index (χ3n) is 6.33. The van der Waals surface area contributed by atoms with Crippen LogP contribution in [0.3, 0.4) is 0 Å². The quantitative estimate of drug-likeness (QED) is 0.0796. The smallest absolute Gasteiger partial charge is 0.319 e. The highest BCUT2D eigenvalue weighted by Crippen LogP contribution is 2.24. The number of nitrogens with one attached hydrogen (secondary N) is 4. The van der Waals surface area contributed by atoms with Gasteiger partial charge in [-0.1, -0.05) is 57.2 Å². The third kappa shape index (κ3) is 15.3. The summed E-state index contributed by atoms with van der Waals surface area (Å²) >= 11 is 0. The summed E-state index contributed by atoms with van der Waals surface area (Å²) < 4.78 is 5.51. The number of aliphatic imine (C=N–C) groups is 1. The van der Waals surface area contributed by atoms with Crippen molar-refractivity contribution in [2.75, 3.05) is 25.0 Å². The third-order valence-corrected chi connectivity index (χ3v) is 6.33. The van der Waals surface area contributed by atoms with Crippen molar-refractivity contribution in [1.82, 2.24) is 20.6 Å². The second kappa shape index (κ2) is 18.3. The van der Waals surface area contributed by atoms with Crippen molar-refractivity contribution in [3.8, 4) is 16.9 Å². The molecule has 2 aromatic carbocycles. The van der Waals surface area contributed by atoms with Crippen LogP contribution >= 0.6 is 0 Å². The van der Waals surface area contributed by atoms with Crippen LogP contribution in [0.2, 0.25) is 0 Å². The van der Waals surface area contributed by atoms with Crippen molar-refractivity contribution < 1.29 is 19.4 Å². The number of urea groups is 1. The van der Waals surface area contributed by atoms with E-state index in [2.05, 4.69) is 30.9 Å². The van der Waals surface area contributed by atoms with E-state index in [0.29, 0.717) is 35.8 Å². The lowest BCUT2D eigenvalue weighted by Gasteiger charge is -2.21. The van der Waals surface area contributed by atoms with Crippen LogP contribution in [0, 0.1) is 0 Å².